The Morgan fingerprint density at radius 2 is 2.21 bits per heavy atom. The Labute approximate surface area is 85.5 Å². The zero-order valence-corrected chi connectivity index (χ0v) is 9.07. The number of hydrogen-bond donors (Lipinski definition) is 1. The van der Waals surface area contributed by atoms with E-state index in [0.29, 0.717) is 6.04 Å². The lowest BCUT2D eigenvalue weighted by Crippen LogP contribution is -2.51. The second kappa shape index (κ2) is 5.32. The van der Waals surface area contributed by atoms with E-state index in [1.54, 1.807) is 0 Å². The molecule has 0 bridgehead atoms. The molecule has 0 aliphatic carbocycles. The van der Waals surface area contributed by atoms with Crippen LogP contribution in [0.15, 0.2) is 0 Å². The van der Waals surface area contributed by atoms with Crippen molar-refractivity contribution >= 4 is 5.97 Å². The van der Waals surface area contributed by atoms with Gasteiger partial charge in [0.05, 0.1) is 0 Å². The summed E-state index contributed by atoms with van der Waals surface area (Å²) in [6, 6.07) is 0.426. The van der Waals surface area contributed by atoms with Crippen molar-refractivity contribution in [3.8, 4) is 0 Å². The average molecular weight is 200 g/mol. The Morgan fingerprint density at radius 3 is 2.79 bits per heavy atom. The van der Waals surface area contributed by atoms with E-state index in [2.05, 4.69) is 23.8 Å². The first-order valence-corrected chi connectivity index (χ1v) is 5.28. The van der Waals surface area contributed by atoms with Crippen LogP contribution >= 0.6 is 0 Å². The summed E-state index contributed by atoms with van der Waals surface area (Å²) in [4.78, 5) is 15.1. The largest absolute Gasteiger partial charge is 0.481 e. The van der Waals surface area contributed by atoms with Gasteiger partial charge in [-0.25, -0.2) is 0 Å². The van der Waals surface area contributed by atoms with Crippen molar-refractivity contribution in [2.45, 2.75) is 25.8 Å². The van der Waals surface area contributed by atoms with Crippen LogP contribution in [0.2, 0.25) is 0 Å². The second-order valence-electron chi connectivity index (χ2n) is 3.98. The predicted octanol–water partition coefficient (Wildman–Crippen LogP) is 0.487. The van der Waals surface area contributed by atoms with Crippen LogP contribution in [0.1, 0.15) is 19.8 Å². The molecule has 1 atom stereocenters. The molecule has 0 saturated carbocycles. The second-order valence-corrected chi connectivity index (χ2v) is 3.98. The van der Waals surface area contributed by atoms with Crippen LogP contribution in [-0.2, 0) is 4.79 Å². The number of likely N-dealkylation sites (N-methyl/N-ethyl adjacent to an activating group) is 2. The van der Waals surface area contributed by atoms with Crippen LogP contribution in [0, 0.1) is 0 Å². The number of nitrogens with zero attached hydrogens (tertiary/aromatic N) is 2. The fraction of sp³-hybridized carbons (Fsp3) is 0.900. The third-order valence-electron chi connectivity index (χ3n) is 2.91. The van der Waals surface area contributed by atoms with Gasteiger partial charge < -0.3 is 10.0 Å². The van der Waals surface area contributed by atoms with Gasteiger partial charge in [-0.3, -0.25) is 9.69 Å². The van der Waals surface area contributed by atoms with E-state index in [4.69, 9.17) is 5.11 Å². The molecule has 1 N–H and O–H groups in total. The zero-order chi connectivity index (χ0) is 10.6. The number of hydrogen-bond acceptors (Lipinski definition) is 3. The predicted molar refractivity (Wildman–Crippen MR) is 55.4 cm³/mol. The lowest BCUT2D eigenvalue weighted by atomic mass is 10.1. The first-order valence-electron chi connectivity index (χ1n) is 5.28. The summed E-state index contributed by atoms with van der Waals surface area (Å²) in [5, 5.41) is 8.64. The summed E-state index contributed by atoms with van der Waals surface area (Å²) in [6.07, 6.45) is 1.06. The minimum atomic E-state index is -0.686. The molecule has 4 heteroatoms. The fourth-order valence-electron chi connectivity index (χ4n) is 2.03. The van der Waals surface area contributed by atoms with Crippen molar-refractivity contribution in [2.24, 2.45) is 0 Å². The molecule has 14 heavy (non-hydrogen) atoms. The first-order chi connectivity index (χ1) is 6.63. The third-order valence-corrected chi connectivity index (χ3v) is 2.91. The quantitative estimate of drug-likeness (QED) is 0.717. The molecule has 1 aliphatic rings. The Balaban J connectivity index is 2.40. The van der Waals surface area contributed by atoms with Gasteiger partial charge in [0.2, 0.25) is 0 Å². The summed E-state index contributed by atoms with van der Waals surface area (Å²) in [5.74, 6) is -0.686. The van der Waals surface area contributed by atoms with E-state index in [1.165, 1.54) is 0 Å². The molecule has 1 unspecified atom stereocenters. The summed E-state index contributed by atoms with van der Waals surface area (Å²) in [6.45, 7) is 6.33. The SMILES string of the molecule is CCN1CCN(C)CC1CCC(=O)O. The molecule has 0 spiro atoms. The highest BCUT2D eigenvalue weighted by Gasteiger charge is 2.23. The van der Waals surface area contributed by atoms with Crippen molar-refractivity contribution < 1.29 is 9.90 Å². The number of aliphatic carboxylic acids is 1. The molecule has 1 saturated heterocycles. The lowest BCUT2D eigenvalue weighted by molar-refractivity contribution is -0.137. The van der Waals surface area contributed by atoms with E-state index in [1.807, 2.05) is 0 Å². The summed E-state index contributed by atoms with van der Waals surface area (Å²) >= 11 is 0. The van der Waals surface area contributed by atoms with E-state index in [-0.39, 0.29) is 6.42 Å². The monoisotopic (exact) mass is 200 g/mol. The molecule has 0 radical (unpaired) electrons. The maximum absolute atomic E-state index is 10.5. The molecule has 0 aromatic heterocycles. The number of piperazine rings is 1. The highest BCUT2D eigenvalue weighted by Crippen LogP contribution is 2.12. The Morgan fingerprint density at radius 1 is 1.50 bits per heavy atom. The van der Waals surface area contributed by atoms with Crippen LogP contribution in [-0.4, -0.2) is 60.1 Å². The van der Waals surface area contributed by atoms with Crippen molar-refractivity contribution in [3.05, 3.63) is 0 Å². The number of carbonyl (C=O) groups is 1. The van der Waals surface area contributed by atoms with Gasteiger partial charge in [-0.2, -0.15) is 0 Å². The first kappa shape index (κ1) is 11.5. The molecular weight excluding hydrogens is 180 g/mol. The number of rotatable bonds is 4. The van der Waals surface area contributed by atoms with Gasteiger partial charge in [0.25, 0.3) is 0 Å². The molecule has 1 rings (SSSR count). The molecule has 1 aliphatic heterocycles. The third kappa shape index (κ3) is 3.27. The molecule has 1 fully saturated rings. The maximum Gasteiger partial charge on any atom is 0.303 e. The fourth-order valence-corrected chi connectivity index (χ4v) is 2.03. The van der Waals surface area contributed by atoms with Crippen LogP contribution in [0.4, 0.5) is 0 Å². The van der Waals surface area contributed by atoms with Crippen molar-refractivity contribution in [2.75, 3.05) is 33.2 Å². The molecule has 0 amide bonds. The van der Waals surface area contributed by atoms with Gasteiger partial charge in [0.15, 0.2) is 0 Å². The van der Waals surface area contributed by atoms with Crippen LogP contribution in [0.25, 0.3) is 0 Å². The minimum absolute atomic E-state index is 0.287. The van der Waals surface area contributed by atoms with Crippen LogP contribution in [0.5, 0.6) is 0 Å². The number of carboxylic acids is 1. The summed E-state index contributed by atoms with van der Waals surface area (Å²) in [7, 11) is 2.10. The van der Waals surface area contributed by atoms with E-state index >= 15 is 0 Å². The van der Waals surface area contributed by atoms with Crippen molar-refractivity contribution in [1.82, 2.24) is 9.80 Å². The minimum Gasteiger partial charge on any atom is -0.481 e. The Hall–Kier alpha value is -0.610. The smallest absolute Gasteiger partial charge is 0.303 e. The van der Waals surface area contributed by atoms with Crippen molar-refractivity contribution in [1.29, 1.82) is 0 Å². The highest BCUT2D eigenvalue weighted by atomic mass is 16.4. The lowest BCUT2D eigenvalue weighted by Gasteiger charge is -2.39. The van der Waals surface area contributed by atoms with Crippen LogP contribution < -0.4 is 0 Å². The molecule has 1 heterocycles. The molecule has 0 aromatic carbocycles. The normalized spacial score (nSPS) is 25.1. The van der Waals surface area contributed by atoms with Crippen molar-refractivity contribution in [3.63, 3.8) is 0 Å². The number of carboxylic acid groups (broad SMARTS) is 1. The maximum atomic E-state index is 10.5. The van der Waals surface area contributed by atoms with Gasteiger partial charge in [0.1, 0.15) is 0 Å². The van der Waals surface area contributed by atoms with E-state index in [9.17, 15) is 4.79 Å². The Bertz CT molecular complexity index is 197. The highest BCUT2D eigenvalue weighted by molar-refractivity contribution is 5.66. The Kier molecular flexibility index (Phi) is 4.35. The topological polar surface area (TPSA) is 43.8 Å². The van der Waals surface area contributed by atoms with Gasteiger partial charge in [-0.05, 0) is 20.0 Å². The summed E-state index contributed by atoms with van der Waals surface area (Å²) < 4.78 is 0. The summed E-state index contributed by atoms with van der Waals surface area (Å²) in [5.41, 5.74) is 0. The van der Waals surface area contributed by atoms with Crippen LogP contribution in [0.3, 0.4) is 0 Å². The molecular formula is C10H20N2O2. The molecule has 0 aromatic rings. The van der Waals surface area contributed by atoms with Gasteiger partial charge >= 0.3 is 5.97 Å². The van der Waals surface area contributed by atoms with E-state index in [0.717, 1.165) is 32.6 Å². The average Bonchev–Trinajstić information content (AvgIpc) is 2.15. The standard InChI is InChI=1S/C10H20N2O2/c1-3-12-7-6-11(2)8-9(12)4-5-10(13)14/h9H,3-8H2,1-2H3,(H,13,14). The molecule has 4 nitrogen and oxygen atoms in total. The van der Waals surface area contributed by atoms with Gasteiger partial charge in [-0.1, -0.05) is 6.92 Å². The zero-order valence-electron chi connectivity index (χ0n) is 9.07. The van der Waals surface area contributed by atoms with E-state index < -0.39 is 5.97 Å². The van der Waals surface area contributed by atoms with Gasteiger partial charge in [0, 0.05) is 32.1 Å². The molecule has 82 valence electrons. The van der Waals surface area contributed by atoms with Gasteiger partial charge in [-0.15, -0.1) is 0 Å².